The highest BCUT2D eigenvalue weighted by Gasteiger charge is 2.06. The molecule has 0 saturated heterocycles. The molecule has 0 bridgehead atoms. The minimum absolute atomic E-state index is 0.0995. The van der Waals surface area contributed by atoms with Crippen LogP contribution in [0.5, 0.6) is 0 Å². The van der Waals surface area contributed by atoms with Gasteiger partial charge >= 0.3 is 5.97 Å². The first-order valence-corrected chi connectivity index (χ1v) is 3.15. The zero-order valence-corrected chi connectivity index (χ0v) is 5.78. The zero-order valence-electron chi connectivity index (χ0n) is 5.78. The van der Waals surface area contributed by atoms with E-state index in [0.717, 1.165) is 0 Å². The second-order valence-corrected chi connectivity index (χ2v) is 2.11. The first kappa shape index (κ1) is 7.75. The molecule has 1 rings (SSSR count). The van der Waals surface area contributed by atoms with Crippen molar-refractivity contribution in [1.82, 2.24) is 0 Å². The molecule has 1 radical (unpaired) electrons. The molecule has 3 heteroatoms. The van der Waals surface area contributed by atoms with Crippen molar-refractivity contribution in [3.8, 4) is 0 Å². The van der Waals surface area contributed by atoms with E-state index in [1.807, 2.05) is 0 Å². The summed E-state index contributed by atoms with van der Waals surface area (Å²) in [4.78, 5) is 10.4. The molecule has 0 atom stereocenters. The third-order valence-corrected chi connectivity index (χ3v) is 1.40. The van der Waals surface area contributed by atoms with Crippen molar-refractivity contribution < 1.29 is 15.0 Å². The molecule has 3 nitrogen and oxygen atoms in total. The standard InChI is InChI=1S/C8H7O3/c9-5-6-3-1-2-4-7(6)8(10)11/h1-4H,5H2,(H,10,11). The second-order valence-electron chi connectivity index (χ2n) is 2.11. The van der Waals surface area contributed by atoms with Gasteiger partial charge in [-0.1, -0.05) is 18.2 Å². The van der Waals surface area contributed by atoms with Gasteiger partial charge in [0, 0.05) is 0 Å². The molecular weight excluding hydrogens is 144 g/mol. The molecule has 0 unspecified atom stereocenters. The Bertz CT molecular complexity index is 268. The van der Waals surface area contributed by atoms with Crippen LogP contribution in [0.15, 0.2) is 24.3 Å². The smallest absolute Gasteiger partial charge is 0.336 e. The molecule has 11 heavy (non-hydrogen) atoms. The first-order valence-electron chi connectivity index (χ1n) is 3.15. The highest BCUT2D eigenvalue weighted by Crippen LogP contribution is 2.07. The number of rotatable bonds is 2. The molecule has 0 aliphatic heterocycles. The minimum Gasteiger partial charge on any atom is -0.478 e. The number of carbonyl (C=O) groups is 1. The maximum Gasteiger partial charge on any atom is 0.336 e. The normalized spacial score (nSPS) is 9.55. The van der Waals surface area contributed by atoms with E-state index in [0.29, 0.717) is 5.56 Å². The van der Waals surface area contributed by atoms with Crippen LogP contribution >= 0.6 is 0 Å². The Morgan fingerprint density at radius 2 is 2.00 bits per heavy atom. The van der Waals surface area contributed by atoms with E-state index in [1.54, 1.807) is 12.1 Å². The Hall–Kier alpha value is -1.35. The van der Waals surface area contributed by atoms with E-state index in [4.69, 9.17) is 5.11 Å². The summed E-state index contributed by atoms with van der Waals surface area (Å²) in [5.41, 5.74) is 0.433. The fourth-order valence-electron chi connectivity index (χ4n) is 0.855. The molecular formula is C8H7O3. The lowest BCUT2D eigenvalue weighted by Gasteiger charge is -1.98. The molecule has 0 spiro atoms. The van der Waals surface area contributed by atoms with Gasteiger partial charge in [0.1, 0.15) is 6.61 Å². The van der Waals surface area contributed by atoms with Crippen LogP contribution in [0.3, 0.4) is 0 Å². The van der Waals surface area contributed by atoms with Crippen molar-refractivity contribution in [3.05, 3.63) is 35.4 Å². The number of carboxylic acids is 1. The third kappa shape index (κ3) is 1.56. The molecule has 0 saturated carbocycles. The summed E-state index contributed by atoms with van der Waals surface area (Å²) in [7, 11) is 0. The second kappa shape index (κ2) is 3.16. The van der Waals surface area contributed by atoms with Gasteiger partial charge in [-0.3, -0.25) is 0 Å². The summed E-state index contributed by atoms with van der Waals surface area (Å²) >= 11 is 0. The van der Waals surface area contributed by atoms with Crippen LogP contribution in [-0.4, -0.2) is 11.1 Å². The van der Waals surface area contributed by atoms with Crippen molar-refractivity contribution in [2.75, 3.05) is 0 Å². The van der Waals surface area contributed by atoms with Crippen LogP contribution in [0.2, 0.25) is 0 Å². The maximum atomic E-state index is 10.4. The summed E-state index contributed by atoms with van der Waals surface area (Å²) in [5.74, 6) is -1.04. The van der Waals surface area contributed by atoms with Crippen molar-refractivity contribution in [1.29, 1.82) is 0 Å². The van der Waals surface area contributed by atoms with E-state index < -0.39 is 12.6 Å². The Morgan fingerprint density at radius 1 is 1.36 bits per heavy atom. The SMILES string of the molecule is [O]Cc1ccccc1C(=O)O. The van der Waals surface area contributed by atoms with Crippen LogP contribution in [0.4, 0.5) is 0 Å². The van der Waals surface area contributed by atoms with Gasteiger partial charge in [-0.05, 0) is 11.6 Å². The van der Waals surface area contributed by atoms with Crippen LogP contribution in [0.1, 0.15) is 15.9 Å². The quantitative estimate of drug-likeness (QED) is 0.692. The number of benzene rings is 1. The molecule has 1 N–H and O–H groups in total. The van der Waals surface area contributed by atoms with Crippen molar-refractivity contribution in [2.24, 2.45) is 0 Å². The summed E-state index contributed by atoms with van der Waals surface area (Å²) in [5, 5.41) is 19.0. The Labute approximate surface area is 63.9 Å². The first-order chi connectivity index (χ1) is 5.25. The monoisotopic (exact) mass is 151 g/mol. The zero-order chi connectivity index (χ0) is 8.27. The Kier molecular flexibility index (Phi) is 2.23. The van der Waals surface area contributed by atoms with Gasteiger partial charge < -0.3 is 5.11 Å². The minimum atomic E-state index is -1.04. The van der Waals surface area contributed by atoms with Crippen LogP contribution in [0.25, 0.3) is 0 Å². The van der Waals surface area contributed by atoms with E-state index in [9.17, 15) is 9.90 Å². The maximum absolute atomic E-state index is 10.4. The van der Waals surface area contributed by atoms with Gasteiger partial charge in [0.15, 0.2) is 0 Å². The molecule has 0 heterocycles. The Morgan fingerprint density at radius 3 is 2.45 bits per heavy atom. The lowest BCUT2D eigenvalue weighted by atomic mass is 10.1. The van der Waals surface area contributed by atoms with Gasteiger partial charge in [0.05, 0.1) is 5.56 Å². The summed E-state index contributed by atoms with van der Waals surface area (Å²) in [6.07, 6.45) is 0. The Balaban J connectivity index is 3.12. The van der Waals surface area contributed by atoms with E-state index in [2.05, 4.69) is 0 Å². The topological polar surface area (TPSA) is 57.2 Å². The summed E-state index contributed by atoms with van der Waals surface area (Å²) < 4.78 is 0. The number of carboxylic acid groups (broad SMARTS) is 1. The average Bonchev–Trinajstić information content (AvgIpc) is 2.04. The average molecular weight is 151 g/mol. The van der Waals surface area contributed by atoms with Gasteiger partial charge in [0.25, 0.3) is 0 Å². The van der Waals surface area contributed by atoms with Crippen molar-refractivity contribution >= 4 is 5.97 Å². The predicted octanol–water partition coefficient (Wildman–Crippen LogP) is 1.32. The fourth-order valence-corrected chi connectivity index (χ4v) is 0.855. The molecule has 0 amide bonds. The predicted molar refractivity (Wildman–Crippen MR) is 37.8 cm³/mol. The van der Waals surface area contributed by atoms with Crippen molar-refractivity contribution in [3.63, 3.8) is 0 Å². The molecule has 0 aliphatic rings. The largest absolute Gasteiger partial charge is 0.478 e. The van der Waals surface area contributed by atoms with E-state index >= 15 is 0 Å². The summed E-state index contributed by atoms with van der Waals surface area (Å²) in [6, 6.07) is 6.20. The number of hydrogen-bond donors (Lipinski definition) is 1. The van der Waals surface area contributed by atoms with Crippen LogP contribution in [-0.2, 0) is 11.7 Å². The highest BCUT2D eigenvalue weighted by molar-refractivity contribution is 5.89. The highest BCUT2D eigenvalue weighted by atomic mass is 16.4. The fraction of sp³-hybridized carbons (Fsp3) is 0.125. The summed E-state index contributed by atoms with van der Waals surface area (Å²) in [6.45, 7) is -0.484. The van der Waals surface area contributed by atoms with Gasteiger partial charge in [-0.15, -0.1) is 0 Å². The molecule has 57 valence electrons. The molecule has 0 aromatic heterocycles. The van der Waals surface area contributed by atoms with E-state index in [-0.39, 0.29) is 5.56 Å². The molecule has 0 fully saturated rings. The van der Waals surface area contributed by atoms with Crippen LogP contribution < -0.4 is 0 Å². The lowest BCUT2D eigenvalue weighted by Crippen LogP contribution is -2.00. The van der Waals surface area contributed by atoms with E-state index in [1.165, 1.54) is 12.1 Å². The van der Waals surface area contributed by atoms with Crippen molar-refractivity contribution in [2.45, 2.75) is 6.61 Å². The number of hydrogen-bond acceptors (Lipinski definition) is 1. The van der Waals surface area contributed by atoms with Crippen LogP contribution in [0, 0.1) is 0 Å². The number of aromatic carboxylic acids is 1. The van der Waals surface area contributed by atoms with Gasteiger partial charge in [-0.25, -0.2) is 9.90 Å². The van der Waals surface area contributed by atoms with Gasteiger partial charge in [-0.2, -0.15) is 0 Å². The van der Waals surface area contributed by atoms with Gasteiger partial charge in [0.2, 0.25) is 0 Å². The molecule has 1 aromatic rings. The molecule has 1 aromatic carbocycles. The molecule has 0 aliphatic carbocycles. The third-order valence-electron chi connectivity index (χ3n) is 1.40. The lowest BCUT2D eigenvalue weighted by molar-refractivity contribution is 0.0690.